The number of alkyl carbamates (subject to hydrolysis) is 1. The van der Waals surface area contributed by atoms with Crippen LogP contribution in [0, 0.1) is 0 Å². The first-order chi connectivity index (χ1) is 9.76. The SMILES string of the molecule is C=COC(=O)NCCC.C=COC(=O)OCC[Si](C)(C)C. The highest BCUT2D eigenvalue weighted by Gasteiger charge is 2.13. The van der Waals surface area contributed by atoms with Crippen molar-refractivity contribution >= 4 is 20.3 Å². The van der Waals surface area contributed by atoms with Crippen LogP contribution in [0.1, 0.15) is 13.3 Å². The van der Waals surface area contributed by atoms with Crippen LogP contribution in [0.25, 0.3) is 0 Å². The van der Waals surface area contributed by atoms with Crippen LogP contribution in [0.3, 0.4) is 0 Å². The van der Waals surface area contributed by atoms with Gasteiger partial charge in [0.15, 0.2) is 0 Å². The van der Waals surface area contributed by atoms with Gasteiger partial charge < -0.3 is 19.5 Å². The molecule has 7 heteroatoms. The van der Waals surface area contributed by atoms with Gasteiger partial charge >= 0.3 is 12.2 Å². The maximum Gasteiger partial charge on any atom is 0.513 e. The summed E-state index contributed by atoms with van der Waals surface area (Å²) in [7, 11) is -1.11. The van der Waals surface area contributed by atoms with Crippen LogP contribution < -0.4 is 5.32 Å². The van der Waals surface area contributed by atoms with Crippen molar-refractivity contribution in [3.8, 4) is 0 Å². The molecule has 0 aliphatic heterocycles. The molecular formula is C14H27NO5Si. The number of carbonyl (C=O) groups is 2. The Balaban J connectivity index is 0. The lowest BCUT2D eigenvalue weighted by molar-refractivity contribution is 0.0894. The molecule has 0 atom stereocenters. The summed E-state index contributed by atoms with van der Waals surface area (Å²) in [6.07, 6.45) is 1.98. The molecule has 0 aliphatic carbocycles. The molecule has 0 aliphatic rings. The van der Waals surface area contributed by atoms with Crippen molar-refractivity contribution in [3.63, 3.8) is 0 Å². The van der Waals surface area contributed by atoms with E-state index in [0.29, 0.717) is 13.2 Å². The van der Waals surface area contributed by atoms with Gasteiger partial charge in [-0.2, -0.15) is 0 Å². The van der Waals surface area contributed by atoms with Crippen molar-refractivity contribution in [2.45, 2.75) is 39.0 Å². The van der Waals surface area contributed by atoms with Gasteiger partial charge in [0.2, 0.25) is 0 Å². The molecule has 0 aromatic carbocycles. The number of ether oxygens (including phenoxy) is 3. The highest BCUT2D eigenvalue weighted by molar-refractivity contribution is 6.76. The van der Waals surface area contributed by atoms with Gasteiger partial charge in [-0.3, -0.25) is 0 Å². The predicted molar refractivity (Wildman–Crippen MR) is 85.8 cm³/mol. The number of carbonyl (C=O) groups excluding carboxylic acids is 2. The Hall–Kier alpha value is -1.76. The van der Waals surface area contributed by atoms with E-state index in [1.807, 2.05) is 6.92 Å². The van der Waals surface area contributed by atoms with Gasteiger partial charge in [0.1, 0.15) is 0 Å². The van der Waals surface area contributed by atoms with Gasteiger partial charge in [0.25, 0.3) is 0 Å². The molecule has 0 fully saturated rings. The van der Waals surface area contributed by atoms with Crippen LogP contribution in [-0.4, -0.2) is 33.5 Å². The molecule has 0 spiro atoms. The fourth-order valence-electron chi connectivity index (χ4n) is 0.887. The van der Waals surface area contributed by atoms with Gasteiger partial charge in [-0.1, -0.05) is 39.7 Å². The Morgan fingerprint density at radius 2 is 1.71 bits per heavy atom. The van der Waals surface area contributed by atoms with Crippen molar-refractivity contribution in [3.05, 3.63) is 25.7 Å². The highest BCUT2D eigenvalue weighted by atomic mass is 28.3. The van der Waals surface area contributed by atoms with Crippen molar-refractivity contribution in [1.29, 1.82) is 0 Å². The first-order valence-corrected chi connectivity index (χ1v) is 10.5. The minimum atomic E-state index is -1.11. The third kappa shape index (κ3) is 20.7. The average Bonchev–Trinajstić information content (AvgIpc) is 2.36. The van der Waals surface area contributed by atoms with Gasteiger partial charge in [0, 0.05) is 14.6 Å². The van der Waals surface area contributed by atoms with Crippen LogP contribution in [0.15, 0.2) is 25.7 Å². The molecule has 0 saturated heterocycles. The summed E-state index contributed by atoms with van der Waals surface area (Å²) in [5, 5.41) is 2.50. The Bertz CT molecular complexity index is 326. The molecule has 21 heavy (non-hydrogen) atoms. The second-order valence-electron chi connectivity index (χ2n) is 5.19. The molecule has 1 amide bonds. The van der Waals surface area contributed by atoms with Gasteiger partial charge in [0.05, 0.1) is 19.1 Å². The van der Waals surface area contributed by atoms with Crippen molar-refractivity contribution in [1.82, 2.24) is 5.32 Å². The topological polar surface area (TPSA) is 73.9 Å². The average molecular weight is 317 g/mol. The van der Waals surface area contributed by atoms with E-state index in [0.717, 1.165) is 25.0 Å². The maximum atomic E-state index is 10.6. The van der Waals surface area contributed by atoms with E-state index in [9.17, 15) is 9.59 Å². The van der Waals surface area contributed by atoms with Crippen LogP contribution in [-0.2, 0) is 14.2 Å². The molecular weight excluding hydrogens is 290 g/mol. The number of hydrogen-bond donors (Lipinski definition) is 1. The maximum absolute atomic E-state index is 10.6. The second kappa shape index (κ2) is 13.2. The molecule has 0 aromatic rings. The Morgan fingerprint density at radius 3 is 2.14 bits per heavy atom. The Labute approximate surface area is 128 Å². The van der Waals surface area contributed by atoms with Crippen molar-refractivity contribution < 1.29 is 23.8 Å². The largest absolute Gasteiger partial charge is 0.513 e. The van der Waals surface area contributed by atoms with Crippen LogP contribution >= 0.6 is 0 Å². The molecule has 1 N–H and O–H groups in total. The Kier molecular flexibility index (Phi) is 13.6. The third-order valence-electron chi connectivity index (χ3n) is 1.96. The summed E-state index contributed by atoms with van der Waals surface area (Å²) < 4.78 is 13.5. The summed E-state index contributed by atoms with van der Waals surface area (Å²) in [6.45, 7) is 16.2. The molecule has 0 rings (SSSR count). The molecule has 0 heterocycles. The molecule has 6 nitrogen and oxygen atoms in total. The number of nitrogens with one attached hydrogen (secondary N) is 1. The van der Waals surface area contributed by atoms with Gasteiger partial charge in [-0.25, -0.2) is 9.59 Å². The fourth-order valence-corrected chi connectivity index (χ4v) is 1.60. The third-order valence-corrected chi connectivity index (χ3v) is 3.67. The number of amides is 1. The van der Waals surface area contributed by atoms with E-state index >= 15 is 0 Å². The first-order valence-electron chi connectivity index (χ1n) is 6.76. The second-order valence-corrected chi connectivity index (χ2v) is 10.8. The zero-order valence-corrected chi connectivity index (χ0v) is 14.4. The normalized spacial score (nSPS) is 9.52. The molecule has 0 saturated carbocycles. The molecule has 0 bridgehead atoms. The summed E-state index contributed by atoms with van der Waals surface area (Å²) in [5.41, 5.74) is 0. The lowest BCUT2D eigenvalue weighted by Crippen LogP contribution is -2.22. The van der Waals surface area contributed by atoms with Crippen molar-refractivity contribution in [2.24, 2.45) is 0 Å². The molecule has 0 radical (unpaired) electrons. The van der Waals surface area contributed by atoms with Gasteiger partial charge in [-0.05, 0) is 12.5 Å². The fraction of sp³-hybridized carbons (Fsp3) is 0.571. The molecule has 122 valence electrons. The zero-order chi connectivity index (χ0) is 16.7. The van der Waals surface area contributed by atoms with Crippen LogP contribution in [0.4, 0.5) is 9.59 Å². The van der Waals surface area contributed by atoms with E-state index in [1.54, 1.807) is 0 Å². The minimum absolute atomic E-state index is 0.438. The summed E-state index contributed by atoms with van der Waals surface area (Å²) in [4.78, 5) is 21.0. The Morgan fingerprint density at radius 1 is 1.14 bits per heavy atom. The lowest BCUT2D eigenvalue weighted by atomic mass is 10.5. The van der Waals surface area contributed by atoms with Crippen molar-refractivity contribution in [2.75, 3.05) is 13.2 Å². The summed E-state index contributed by atoms with van der Waals surface area (Å²) in [6, 6.07) is 0.958. The lowest BCUT2D eigenvalue weighted by Gasteiger charge is -2.14. The standard InChI is InChI=1S/C8H16O3Si.C6H11NO2/c1-5-10-8(9)11-6-7-12(2,3)4;1-3-5-7-6(8)9-4-2/h5H,1,6-7H2,2-4H3;4H,2-3,5H2,1H3,(H,7,8). The molecule has 0 aromatic heterocycles. The number of rotatable bonds is 7. The molecule has 0 unspecified atom stereocenters. The number of hydrogen-bond acceptors (Lipinski definition) is 5. The van der Waals surface area contributed by atoms with E-state index in [-0.39, 0.29) is 0 Å². The van der Waals surface area contributed by atoms with Gasteiger partial charge in [-0.15, -0.1) is 0 Å². The van der Waals surface area contributed by atoms with Crippen LogP contribution in [0.5, 0.6) is 0 Å². The minimum Gasteiger partial charge on any atom is -0.434 e. The monoisotopic (exact) mass is 317 g/mol. The summed E-state index contributed by atoms with van der Waals surface area (Å²) >= 11 is 0. The predicted octanol–water partition coefficient (Wildman–Crippen LogP) is 3.89. The van der Waals surface area contributed by atoms with E-state index in [2.05, 4.69) is 47.6 Å². The quantitative estimate of drug-likeness (QED) is 0.438. The zero-order valence-electron chi connectivity index (χ0n) is 13.4. The first kappa shape index (κ1) is 21.5. The van der Waals surface area contributed by atoms with E-state index < -0.39 is 20.3 Å². The van der Waals surface area contributed by atoms with E-state index in [4.69, 9.17) is 4.74 Å². The van der Waals surface area contributed by atoms with E-state index in [1.165, 1.54) is 0 Å². The van der Waals surface area contributed by atoms with Crippen LogP contribution in [0.2, 0.25) is 25.7 Å². The smallest absolute Gasteiger partial charge is 0.434 e. The summed E-state index contributed by atoms with van der Waals surface area (Å²) in [5.74, 6) is 0. The highest BCUT2D eigenvalue weighted by Crippen LogP contribution is 2.07.